The molecule has 0 aliphatic rings. The standard InChI is InChI=1S/C31H23N7O4/c39-18-32-16-20-1-7-24(8-2-20)34-30(41)36-26-11-5-22-13-23-6-12-27(15-29(23)38-28(22)14-26)37-31(42)35-25-9-3-21(4-10-25)17-33-19-40/h1-15H,16-17H2,(H2,34,36,41)(H2,35,37,42). The number of fused-ring (bicyclic) bond motifs is 2. The summed E-state index contributed by atoms with van der Waals surface area (Å²) >= 11 is 0. The fourth-order valence-electron chi connectivity index (χ4n) is 4.20. The zero-order valence-electron chi connectivity index (χ0n) is 22.0. The Morgan fingerprint density at radius 2 is 0.929 bits per heavy atom. The van der Waals surface area contributed by atoms with Gasteiger partial charge in [-0.2, -0.15) is 0 Å². The van der Waals surface area contributed by atoms with Crippen LogP contribution in [0.15, 0.2) is 101 Å². The number of aliphatic imine (C=N–C) groups is 2. The van der Waals surface area contributed by atoms with Crippen LogP contribution in [-0.2, 0) is 22.7 Å². The fourth-order valence-corrected chi connectivity index (χ4v) is 4.20. The Bertz CT molecular complexity index is 1740. The van der Waals surface area contributed by atoms with Crippen LogP contribution in [0.1, 0.15) is 11.1 Å². The number of amides is 4. The van der Waals surface area contributed by atoms with Gasteiger partial charge in [-0.1, -0.05) is 36.4 Å². The van der Waals surface area contributed by atoms with Crippen LogP contribution in [0, 0.1) is 0 Å². The van der Waals surface area contributed by atoms with Crippen molar-refractivity contribution in [1.82, 2.24) is 4.98 Å². The molecule has 5 aromatic rings. The lowest BCUT2D eigenvalue weighted by Gasteiger charge is -2.10. The minimum Gasteiger partial charge on any atom is -0.308 e. The van der Waals surface area contributed by atoms with Crippen molar-refractivity contribution in [3.8, 4) is 0 Å². The maximum atomic E-state index is 12.5. The number of carbonyl (C=O) groups is 2. The minimum absolute atomic E-state index is 0.232. The normalized spacial score (nSPS) is 10.3. The number of hydrogen-bond donors (Lipinski definition) is 4. The maximum Gasteiger partial charge on any atom is 0.323 e. The Balaban J connectivity index is 1.24. The number of nitrogens with one attached hydrogen (secondary N) is 4. The van der Waals surface area contributed by atoms with Crippen molar-refractivity contribution in [2.45, 2.75) is 13.1 Å². The van der Waals surface area contributed by atoms with Gasteiger partial charge in [0.15, 0.2) is 0 Å². The highest BCUT2D eigenvalue weighted by Crippen LogP contribution is 2.25. The first kappa shape index (κ1) is 27.4. The molecule has 5 rings (SSSR count). The first-order valence-electron chi connectivity index (χ1n) is 12.7. The first-order valence-corrected chi connectivity index (χ1v) is 12.7. The summed E-state index contributed by atoms with van der Waals surface area (Å²) in [6, 6.07) is 25.9. The van der Waals surface area contributed by atoms with Crippen LogP contribution in [0.25, 0.3) is 21.8 Å². The molecule has 0 aliphatic heterocycles. The SMILES string of the molecule is O=C=NCc1ccc(NC(=O)Nc2ccc3cc4ccc(NC(=O)Nc5ccc(CN=C=O)cc5)cc4nc3c2)cc1. The Morgan fingerprint density at radius 1 is 0.548 bits per heavy atom. The second kappa shape index (κ2) is 12.8. The smallest absolute Gasteiger partial charge is 0.308 e. The van der Waals surface area contributed by atoms with E-state index < -0.39 is 12.1 Å². The van der Waals surface area contributed by atoms with Crippen LogP contribution in [-0.4, -0.2) is 29.2 Å². The summed E-state index contributed by atoms with van der Waals surface area (Å²) in [6.07, 6.45) is 2.99. The van der Waals surface area contributed by atoms with Gasteiger partial charge in [0, 0.05) is 33.5 Å². The van der Waals surface area contributed by atoms with Crippen molar-refractivity contribution >= 4 is 68.8 Å². The summed E-state index contributed by atoms with van der Waals surface area (Å²) in [5.74, 6) is 0. The van der Waals surface area contributed by atoms with Gasteiger partial charge in [-0.25, -0.2) is 34.1 Å². The molecule has 0 atom stereocenters. The second-order valence-electron chi connectivity index (χ2n) is 9.17. The van der Waals surface area contributed by atoms with E-state index in [1.165, 1.54) is 12.2 Å². The molecule has 206 valence electrons. The molecule has 4 N–H and O–H groups in total. The molecular formula is C31H23N7O4. The molecule has 42 heavy (non-hydrogen) atoms. The van der Waals surface area contributed by atoms with E-state index in [-0.39, 0.29) is 13.1 Å². The first-order chi connectivity index (χ1) is 20.5. The number of anilines is 4. The van der Waals surface area contributed by atoms with Crippen LogP contribution < -0.4 is 21.3 Å². The molecule has 0 spiro atoms. The van der Waals surface area contributed by atoms with Crippen LogP contribution >= 0.6 is 0 Å². The molecule has 0 aliphatic carbocycles. The Morgan fingerprint density at radius 3 is 1.33 bits per heavy atom. The highest BCUT2D eigenvalue weighted by atomic mass is 16.2. The van der Waals surface area contributed by atoms with E-state index in [0.717, 1.165) is 21.9 Å². The van der Waals surface area contributed by atoms with Gasteiger partial charge in [0.25, 0.3) is 0 Å². The number of hydrogen-bond acceptors (Lipinski definition) is 7. The molecular weight excluding hydrogens is 534 g/mol. The summed E-state index contributed by atoms with van der Waals surface area (Å²) in [7, 11) is 0. The summed E-state index contributed by atoms with van der Waals surface area (Å²) in [5.41, 5.74) is 5.27. The van der Waals surface area contributed by atoms with Crippen molar-refractivity contribution < 1.29 is 19.2 Å². The largest absolute Gasteiger partial charge is 0.323 e. The minimum atomic E-state index is -0.421. The highest BCUT2D eigenvalue weighted by Gasteiger charge is 2.08. The van der Waals surface area contributed by atoms with E-state index in [9.17, 15) is 19.2 Å². The average molecular weight is 558 g/mol. The Kier molecular flexibility index (Phi) is 8.36. The van der Waals surface area contributed by atoms with Gasteiger partial charge >= 0.3 is 12.1 Å². The molecule has 0 radical (unpaired) electrons. The number of isocyanates is 2. The number of nitrogens with zero attached hydrogens (tertiary/aromatic N) is 3. The molecule has 0 saturated heterocycles. The molecule has 0 saturated carbocycles. The second-order valence-corrected chi connectivity index (χ2v) is 9.17. The van der Waals surface area contributed by atoms with Crippen LogP contribution in [0.3, 0.4) is 0 Å². The molecule has 4 amide bonds. The van der Waals surface area contributed by atoms with Gasteiger partial charge in [-0.3, -0.25) is 0 Å². The molecule has 0 fully saturated rings. The van der Waals surface area contributed by atoms with Crippen molar-refractivity contribution in [1.29, 1.82) is 0 Å². The molecule has 11 heteroatoms. The van der Waals surface area contributed by atoms with Gasteiger partial charge in [-0.15, -0.1) is 0 Å². The number of aromatic nitrogens is 1. The topological polar surface area (TPSA) is 154 Å². The van der Waals surface area contributed by atoms with Gasteiger partial charge in [0.2, 0.25) is 12.2 Å². The fraction of sp³-hybridized carbons (Fsp3) is 0.0645. The summed E-state index contributed by atoms with van der Waals surface area (Å²) in [4.78, 5) is 57.4. The molecule has 11 nitrogen and oxygen atoms in total. The van der Waals surface area contributed by atoms with Gasteiger partial charge in [0.05, 0.1) is 24.1 Å². The predicted molar refractivity (Wildman–Crippen MR) is 161 cm³/mol. The van der Waals surface area contributed by atoms with E-state index in [0.29, 0.717) is 33.8 Å². The third kappa shape index (κ3) is 7.08. The van der Waals surface area contributed by atoms with E-state index in [4.69, 9.17) is 4.98 Å². The van der Waals surface area contributed by atoms with Crippen LogP contribution in [0.5, 0.6) is 0 Å². The van der Waals surface area contributed by atoms with Crippen molar-refractivity contribution in [3.05, 3.63) is 102 Å². The Labute approximate surface area is 239 Å². The van der Waals surface area contributed by atoms with Crippen molar-refractivity contribution in [2.24, 2.45) is 9.98 Å². The zero-order chi connectivity index (χ0) is 29.3. The van der Waals surface area contributed by atoms with Gasteiger partial charge < -0.3 is 21.3 Å². The van der Waals surface area contributed by atoms with E-state index in [1.807, 2.05) is 18.2 Å². The summed E-state index contributed by atoms with van der Waals surface area (Å²) < 4.78 is 0. The lowest BCUT2D eigenvalue weighted by molar-refractivity contribution is 0.261. The zero-order valence-corrected chi connectivity index (χ0v) is 22.0. The number of rotatable bonds is 8. The summed E-state index contributed by atoms with van der Waals surface area (Å²) in [5, 5.41) is 12.9. The van der Waals surface area contributed by atoms with Crippen LogP contribution in [0.4, 0.5) is 32.3 Å². The van der Waals surface area contributed by atoms with E-state index in [1.54, 1.807) is 72.8 Å². The number of pyridine rings is 1. The molecule has 4 aromatic carbocycles. The highest BCUT2D eigenvalue weighted by molar-refractivity contribution is 6.03. The molecule has 1 aromatic heterocycles. The lowest BCUT2D eigenvalue weighted by Crippen LogP contribution is -2.19. The van der Waals surface area contributed by atoms with E-state index in [2.05, 4.69) is 31.3 Å². The third-order valence-corrected chi connectivity index (χ3v) is 6.20. The quantitative estimate of drug-likeness (QED) is 0.0995. The third-order valence-electron chi connectivity index (χ3n) is 6.20. The van der Waals surface area contributed by atoms with Gasteiger partial charge in [-0.05, 0) is 65.7 Å². The number of carbonyl (C=O) groups excluding carboxylic acids is 4. The molecule has 1 heterocycles. The predicted octanol–water partition coefficient (Wildman–Crippen LogP) is 6.35. The van der Waals surface area contributed by atoms with Crippen molar-refractivity contribution in [2.75, 3.05) is 21.3 Å². The lowest BCUT2D eigenvalue weighted by atomic mass is 10.1. The number of benzene rings is 4. The average Bonchev–Trinajstić information content (AvgIpc) is 2.99. The summed E-state index contributed by atoms with van der Waals surface area (Å²) in [6.45, 7) is 0.463. The van der Waals surface area contributed by atoms with Crippen molar-refractivity contribution in [3.63, 3.8) is 0 Å². The number of urea groups is 2. The van der Waals surface area contributed by atoms with Gasteiger partial charge in [0.1, 0.15) is 0 Å². The van der Waals surface area contributed by atoms with E-state index >= 15 is 0 Å². The molecule has 0 bridgehead atoms. The molecule has 0 unspecified atom stereocenters. The Hall–Kier alpha value is -6.15. The van der Waals surface area contributed by atoms with Crippen LogP contribution in [0.2, 0.25) is 0 Å². The monoisotopic (exact) mass is 557 g/mol. The maximum absolute atomic E-state index is 12.5.